The largest absolute Gasteiger partial charge is 0.350 e. The molecule has 0 heterocycles. The molecule has 2 aromatic rings. The number of carbonyl (C=O) groups is 2. The van der Waals surface area contributed by atoms with Gasteiger partial charge in [-0.2, -0.15) is 0 Å². The smallest absolute Gasteiger partial charge is 0.255 e. The minimum Gasteiger partial charge on any atom is -0.350 e. The van der Waals surface area contributed by atoms with Gasteiger partial charge >= 0.3 is 0 Å². The Balaban J connectivity index is 2.22. The van der Waals surface area contributed by atoms with Gasteiger partial charge in [-0.3, -0.25) is 9.59 Å². The molecule has 2 aromatic carbocycles. The second kappa shape index (κ2) is 7.24. The standard InChI is InChI=1S/C17H16ClFN2O2/c1-10(2)20-16(22)12-6-7-14(18)15(9-12)21-17(23)11-4-3-5-13(19)8-11/h3-10H,1-2H3,(H,20,22)(H,21,23). The van der Waals surface area contributed by atoms with Crippen LogP contribution in [-0.4, -0.2) is 17.9 Å². The van der Waals surface area contributed by atoms with Crippen LogP contribution in [0.2, 0.25) is 5.02 Å². The molecule has 2 rings (SSSR count). The zero-order chi connectivity index (χ0) is 17.0. The summed E-state index contributed by atoms with van der Waals surface area (Å²) in [5.74, 6) is -1.28. The van der Waals surface area contributed by atoms with Crippen LogP contribution in [-0.2, 0) is 0 Å². The molecule has 0 aliphatic heterocycles. The van der Waals surface area contributed by atoms with E-state index in [1.165, 1.54) is 30.3 Å². The number of nitrogens with one attached hydrogen (secondary N) is 2. The zero-order valence-corrected chi connectivity index (χ0v) is 13.4. The van der Waals surface area contributed by atoms with E-state index in [2.05, 4.69) is 10.6 Å². The van der Waals surface area contributed by atoms with Gasteiger partial charge in [-0.15, -0.1) is 0 Å². The minimum absolute atomic E-state index is 0.0106. The molecule has 0 saturated carbocycles. The average molecular weight is 335 g/mol. The lowest BCUT2D eigenvalue weighted by molar-refractivity contribution is 0.0942. The second-order valence-electron chi connectivity index (χ2n) is 5.29. The van der Waals surface area contributed by atoms with Gasteiger partial charge in [0.2, 0.25) is 0 Å². The summed E-state index contributed by atoms with van der Waals surface area (Å²) in [5, 5.41) is 5.63. The number of anilines is 1. The fourth-order valence-electron chi connectivity index (χ4n) is 1.93. The van der Waals surface area contributed by atoms with Crippen LogP contribution in [0, 0.1) is 5.82 Å². The van der Waals surface area contributed by atoms with Crippen molar-refractivity contribution in [3.05, 3.63) is 64.4 Å². The summed E-state index contributed by atoms with van der Waals surface area (Å²) in [4.78, 5) is 24.1. The summed E-state index contributed by atoms with van der Waals surface area (Å²) < 4.78 is 13.2. The van der Waals surface area contributed by atoms with E-state index in [4.69, 9.17) is 11.6 Å². The first-order valence-electron chi connectivity index (χ1n) is 7.04. The Morgan fingerprint density at radius 1 is 1.04 bits per heavy atom. The van der Waals surface area contributed by atoms with Crippen molar-refractivity contribution in [1.29, 1.82) is 0 Å². The number of hydrogen-bond donors (Lipinski definition) is 2. The number of benzene rings is 2. The zero-order valence-electron chi connectivity index (χ0n) is 12.7. The molecule has 23 heavy (non-hydrogen) atoms. The molecular formula is C17H16ClFN2O2. The van der Waals surface area contributed by atoms with Gasteiger partial charge in [0.05, 0.1) is 10.7 Å². The van der Waals surface area contributed by atoms with Crippen LogP contribution in [0.5, 0.6) is 0 Å². The maximum absolute atomic E-state index is 13.2. The third kappa shape index (κ3) is 4.53. The van der Waals surface area contributed by atoms with Crippen LogP contribution in [0.1, 0.15) is 34.6 Å². The fourth-order valence-corrected chi connectivity index (χ4v) is 2.10. The highest BCUT2D eigenvalue weighted by atomic mass is 35.5. The molecule has 0 bridgehead atoms. The first-order valence-corrected chi connectivity index (χ1v) is 7.42. The molecule has 4 nitrogen and oxygen atoms in total. The van der Waals surface area contributed by atoms with E-state index in [9.17, 15) is 14.0 Å². The monoisotopic (exact) mass is 334 g/mol. The van der Waals surface area contributed by atoms with Crippen LogP contribution in [0.25, 0.3) is 0 Å². The molecule has 6 heteroatoms. The molecule has 0 saturated heterocycles. The predicted molar refractivity (Wildman–Crippen MR) is 88.4 cm³/mol. The maximum atomic E-state index is 13.2. The Kier molecular flexibility index (Phi) is 5.34. The number of carbonyl (C=O) groups excluding carboxylic acids is 2. The number of hydrogen-bond acceptors (Lipinski definition) is 2. The van der Waals surface area contributed by atoms with Crippen LogP contribution >= 0.6 is 11.6 Å². The molecule has 0 aromatic heterocycles. The lowest BCUT2D eigenvalue weighted by Crippen LogP contribution is -2.30. The van der Waals surface area contributed by atoms with Crippen molar-refractivity contribution in [2.45, 2.75) is 19.9 Å². The fraction of sp³-hybridized carbons (Fsp3) is 0.176. The molecule has 2 amide bonds. The number of amides is 2. The van der Waals surface area contributed by atoms with Crippen LogP contribution < -0.4 is 10.6 Å². The first-order chi connectivity index (χ1) is 10.9. The molecule has 0 aliphatic carbocycles. The summed E-state index contributed by atoms with van der Waals surface area (Å²) in [7, 11) is 0. The molecule has 2 N–H and O–H groups in total. The van der Waals surface area contributed by atoms with Gasteiger partial charge in [-0.05, 0) is 50.2 Å². The third-order valence-corrected chi connectivity index (χ3v) is 3.31. The second-order valence-corrected chi connectivity index (χ2v) is 5.69. The summed E-state index contributed by atoms with van der Waals surface area (Å²) in [6.45, 7) is 3.70. The number of halogens is 2. The van der Waals surface area contributed by atoms with Crippen LogP contribution in [0.3, 0.4) is 0 Å². The Labute approximate surface area is 138 Å². The molecule has 0 radical (unpaired) electrons. The molecular weight excluding hydrogens is 319 g/mol. The molecule has 120 valence electrons. The van der Waals surface area contributed by atoms with Crippen molar-refractivity contribution >= 4 is 29.1 Å². The highest BCUT2D eigenvalue weighted by Crippen LogP contribution is 2.24. The van der Waals surface area contributed by atoms with E-state index in [1.54, 1.807) is 6.07 Å². The van der Waals surface area contributed by atoms with E-state index in [0.717, 1.165) is 6.07 Å². The predicted octanol–water partition coefficient (Wildman–Crippen LogP) is 3.87. The molecule has 0 aliphatic rings. The van der Waals surface area contributed by atoms with Gasteiger partial charge in [0.1, 0.15) is 5.82 Å². The third-order valence-electron chi connectivity index (χ3n) is 2.98. The Bertz CT molecular complexity index is 747. The molecule has 0 fully saturated rings. The minimum atomic E-state index is -0.507. The Hall–Kier alpha value is -2.40. The van der Waals surface area contributed by atoms with Gasteiger partial charge < -0.3 is 10.6 Å². The summed E-state index contributed by atoms with van der Waals surface area (Å²) >= 11 is 6.05. The van der Waals surface area contributed by atoms with Gasteiger partial charge in [0, 0.05) is 17.2 Å². The van der Waals surface area contributed by atoms with Crippen molar-refractivity contribution in [2.75, 3.05) is 5.32 Å². The normalized spacial score (nSPS) is 10.5. The number of rotatable bonds is 4. The van der Waals surface area contributed by atoms with E-state index in [-0.39, 0.29) is 28.2 Å². The van der Waals surface area contributed by atoms with Crippen molar-refractivity contribution in [3.63, 3.8) is 0 Å². The molecule has 0 spiro atoms. The highest BCUT2D eigenvalue weighted by Gasteiger charge is 2.13. The Morgan fingerprint density at radius 2 is 1.74 bits per heavy atom. The lowest BCUT2D eigenvalue weighted by atomic mass is 10.1. The van der Waals surface area contributed by atoms with Crippen LogP contribution in [0.15, 0.2) is 42.5 Å². The van der Waals surface area contributed by atoms with Crippen molar-refractivity contribution in [2.24, 2.45) is 0 Å². The average Bonchev–Trinajstić information content (AvgIpc) is 2.48. The summed E-state index contributed by atoms with van der Waals surface area (Å²) in [6.07, 6.45) is 0. The summed E-state index contributed by atoms with van der Waals surface area (Å²) in [5.41, 5.74) is 0.827. The first kappa shape index (κ1) is 17.0. The van der Waals surface area contributed by atoms with Gasteiger partial charge in [0.15, 0.2) is 0 Å². The van der Waals surface area contributed by atoms with E-state index in [0.29, 0.717) is 5.56 Å². The maximum Gasteiger partial charge on any atom is 0.255 e. The molecule has 0 atom stereocenters. The quantitative estimate of drug-likeness (QED) is 0.891. The van der Waals surface area contributed by atoms with E-state index in [1.807, 2.05) is 13.8 Å². The van der Waals surface area contributed by atoms with Gasteiger partial charge in [-0.25, -0.2) is 4.39 Å². The lowest BCUT2D eigenvalue weighted by Gasteiger charge is -2.11. The van der Waals surface area contributed by atoms with Gasteiger partial charge in [0.25, 0.3) is 11.8 Å². The SMILES string of the molecule is CC(C)NC(=O)c1ccc(Cl)c(NC(=O)c2cccc(F)c2)c1. The highest BCUT2D eigenvalue weighted by molar-refractivity contribution is 6.34. The van der Waals surface area contributed by atoms with Crippen molar-refractivity contribution in [1.82, 2.24) is 5.32 Å². The van der Waals surface area contributed by atoms with E-state index >= 15 is 0 Å². The van der Waals surface area contributed by atoms with Gasteiger partial charge in [-0.1, -0.05) is 17.7 Å². The van der Waals surface area contributed by atoms with Crippen LogP contribution in [0.4, 0.5) is 10.1 Å². The summed E-state index contributed by atoms with van der Waals surface area (Å²) in [6, 6.07) is 9.87. The molecule has 0 unspecified atom stereocenters. The topological polar surface area (TPSA) is 58.2 Å². The van der Waals surface area contributed by atoms with Crippen molar-refractivity contribution in [3.8, 4) is 0 Å². The van der Waals surface area contributed by atoms with Crippen molar-refractivity contribution < 1.29 is 14.0 Å². The Morgan fingerprint density at radius 3 is 2.39 bits per heavy atom. The van der Waals surface area contributed by atoms with E-state index < -0.39 is 11.7 Å².